The predicted molar refractivity (Wildman–Crippen MR) is 127 cm³/mol. The normalized spacial score (nSPS) is 13.1. The highest BCUT2D eigenvalue weighted by molar-refractivity contribution is 6.52. The van der Waals surface area contributed by atoms with Crippen LogP contribution in [0.3, 0.4) is 0 Å². The Balaban J connectivity index is 1.19. The molecule has 2 aromatic heterocycles. The summed E-state index contributed by atoms with van der Waals surface area (Å²) in [6.45, 7) is 1.54. The number of rotatable bonds is 7. The van der Waals surface area contributed by atoms with E-state index in [0.717, 1.165) is 29.6 Å². The van der Waals surface area contributed by atoms with Gasteiger partial charge in [-0.2, -0.15) is 0 Å². The van der Waals surface area contributed by atoms with E-state index in [1.807, 2.05) is 24.3 Å². The highest BCUT2D eigenvalue weighted by atomic mass is 35.5. The summed E-state index contributed by atoms with van der Waals surface area (Å²) in [5.74, 6) is -1.14. The van der Waals surface area contributed by atoms with E-state index in [0.29, 0.717) is 33.5 Å². The maximum absolute atomic E-state index is 12.4. The SMILES string of the molecule is O=C1C(=O)N(Cc2cn(CCCNc3ccnc4cc(Cl)ccc34)nn2)c2ccc(Cl)cc21. The first-order chi connectivity index (χ1) is 16.0. The standard InChI is InChI=1S/C23H18Cl2N6O2/c24-14-3-5-21-18(10-14)22(32)23(33)31(21)13-16-12-30(29-28-16)9-1-7-26-19-6-8-27-20-11-15(25)2-4-17(19)20/h2-6,8,10-12H,1,7,9,13H2,(H,26,27). The molecule has 3 heterocycles. The minimum atomic E-state index is -0.586. The molecule has 166 valence electrons. The molecule has 0 saturated heterocycles. The Morgan fingerprint density at radius 1 is 1.00 bits per heavy atom. The second-order valence-corrected chi connectivity index (χ2v) is 8.53. The van der Waals surface area contributed by atoms with Crippen molar-refractivity contribution in [2.75, 3.05) is 16.8 Å². The zero-order chi connectivity index (χ0) is 22.9. The van der Waals surface area contributed by atoms with Gasteiger partial charge in [-0.25, -0.2) is 0 Å². The quantitative estimate of drug-likeness (QED) is 0.312. The molecular formula is C23H18Cl2N6O2. The Labute approximate surface area is 199 Å². The third kappa shape index (κ3) is 4.27. The van der Waals surface area contributed by atoms with Gasteiger partial charge in [-0.3, -0.25) is 24.2 Å². The van der Waals surface area contributed by atoms with Crippen LogP contribution in [-0.4, -0.2) is 38.2 Å². The maximum atomic E-state index is 12.4. The number of carbonyl (C=O) groups is 2. The van der Waals surface area contributed by atoms with Crippen LogP contribution in [0.2, 0.25) is 10.0 Å². The van der Waals surface area contributed by atoms with Gasteiger partial charge < -0.3 is 5.32 Å². The summed E-state index contributed by atoms with van der Waals surface area (Å²) in [5, 5.41) is 13.8. The zero-order valence-electron chi connectivity index (χ0n) is 17.3. The number of ketones is 1. The summed E-state index contributed by atoms with van der Waals surface area (Å²) in [6, 6.07) is 12.4. The Kier molecular flexibility index (Phi) is 5.70. The molecular weight excluding hydrogens is 463 g/mol. The summed E-state index contributed by atoms with van der Waals surface area (Å²) in [5.41, 5.74) is 3.29. The van der Waals surface area contributed by atoms with Gasteiger partial charge in [-0.1, -0.05) is 28.4 Å². The first-order valence-electron chi connectivity index (χ1n) is 10.3. The van der Waals surface area contributed by atoms with Crippen LogP contribution in [0.15, 0.2) is 54.9 Å². The van der Waals surface area contributed by atoms with Crippen molar-refractivity contribution >= 4 is 57.2 Å². The Morgan fingerprint density at radius 2 is 1.82 bits per heavy atom. The van der Waals surface area contributed by atoms with Gasteiger partial charge in [0.1, 0.15) is 5.69 Å². The lowest BCUT2D eigenvalue weighted by Crippen LogP contribution is -2.29. The first kappa shape index (κ1) is 21.4. The molecule has 33 heavy (non-hydrogen) atoms. The number of hydrogen-bond acceptors (Lipinski definition) is 6. The van der Waals surface area contributed by atoms with Crippen molar-refractivity contribution in [3.05, 3.63) is 76.2 Å². The lowest BCUT2D eigenvalue weighted by molar-refractivity contribution is -0.114. The number of halogens is 2. The third-order valence-electron chi connectivity index (χ3n) is 5.42. The van der Waals surface area contributed by atoms with Gasteiger partial charge in [0.25, 0.3) is 11.7 Å². The van der Waals surface area contributed by atoms with Gasteiger partial charge in [0.15, 0.2) is 0 Å². The Hall–Kier alpha value is -3.49. The molecule has 0 atom stereocenters. The number of nitrogens with zero attached hydrogens (tertiary/aromatic N) is 5. The van der Waals surface area contributed by atoms with Crippen molar-refractivity contribution in [2.45, 2.75) is 19.5 Å². The molecule has 0 bridgehead atoms. The molecule has 0 unspecified atom stereocenters. The molecule has 4 aromatic rings. The number of pyridine rings is 1. The first-order valence-corrected chi connectivity index (χ1v) is 11.1. The second kappa shape index (κ2) is 8.80. The summed E-state index contributed by atoms with van der Waals surface area (Å²) in [7, 11) is 0. The van der Waals surface area contributed by atoms with Crippen LogP contribution in [0.1, 0.15) is 22.5 Å². The highest BCUT2D eigenvalue weighted by Crippen LogP contribution is 2.32. The number of aromatic nitrogens is 4. The van der Waals surface area contributed by atoms with E-state index in [9.17, 15) is 9.59 Å². The fraction of sp³-hybridized carbons (Fsp3) is 0.174. The lowest BCUT2D eigenvalue weighted by Gasteiger charge is -2.14. The average Bonchev–Trinajstić information content (AvgIpc) is 3.35. The van der Waals surface area contributed by atoms with Crippen LogP contribution >= 0.6 is 23.2 Å². The number of Topliss-reactive ketones (excluding diaryl/α,β-unsaturated/α-hetero) is 1. The van der Waals surface area contributed by atoms with Crippen LogP contribution in [0.4, 0.5) is 11.4 Å². The van der Waals surface area contributed by atoms with Crippen LogP contribution in [0.5, 0.6) is 0 Å². The predicted octanol–water partition coefficient (Wildman–Crippen LogP) is 4.36. The number of benzene rings is 2. The highest BCUT2D eigenvalue weighted by Gasteiger charge is 2.36. The van der Waals surface area contributed by atoms with Gasteiger partial charge >= 0.3 is 0 Å². The van der Waals surface area contributed by atoms with Gasteiger partial charge in [-0.05, 0) is 48.9 Å². The van der Waals surface area contributed by atoms with Crippen LogP contribution in [-0.2, 0) is 17.9 Å². The van der Waals surface area contributed by atoms with E-state index in [1.54, 1.807) is 29.2 Å². The van der Waals surface area contributed by atoms with E-state index < -0.39 is 11.7 Å². The number of nitrogens with one attached hydrogen (secondary N) is 1. The number of hydrogen-bond donors (Lipinski definition) is 1. The Bertz CT molecular complexity index is 1390. The molecule has 1 N–H and O–H groups in total. The van der Waals surface area contributed by atoms with E-state index in [4.69, 9.17) is 23.2 Å². The molecule has 8 nitrogen and oxygen atoms in total. The number of aryl methyl sites for hydroxylation is 1. The number of fused-ring (bicyclic) bond motifs is 2. The molecule has 0 fully saturated rings. The molecule has 10 heteroatoms. The molecule has 0 radical (unpaired) electrons. The van der Waals surface area contributed by atoms with Crippen molar-refractivity contribution in [3.8, 4) is 0 Å². The number of amides is 1. The van der Waals surface area contributed by atoms with Crippen molar-refractivity contribution in [1.82, 2.24) is 20.0 Å². The molecule has 0 aliphatic carbocycles. The van der Waals surface area contributed by atoms with Gasteiger partial charge in [-0.15, -0.1) is 5.10 Å². The van der Waals surface area contributed by atoms with E-state index in [-0.39, 0.29) is 6.54 Å². The topological polar surface area (TPSA) is 93.0 Å². The van der Waals surface area contributed by atoms with Crippen molar-refractivity contribution < 1.29 is 9.59 Å². The van der Waals surface area contributed by atoms with Crippen molar-refractivity contribution in [2.24, 2.45) is 0 Å². The average molecular weight is 481 g/mol. The van der Waals surface area contributed by atoms with Crippen LogP contribution < -0.4 is 10.2 Å². The molecule has 0 saturated carbocycles. The largest absolute Gasteiger partial charge is 0.384 e. The van der Waals surface area contributed by atoms with Crippen molar-refractivity contribution in [1.29, 1.82) is 0 Å². The monoisotopic (exact) mass is 480 g/mol. The van der Waals surface area contributed by atoms with E-state index in [1.165, 1.54) is 11.0 Å². The summed E-state index contributed by atoms with van der Waals surface area (Å²) < 4.78 is 1.73. The molecule has 2 aromatic carbocycles. The summed E-state index contributed by atoms with van der Waals surface area (Å²) >= 11 is 12.0. The maximum Gasteiger partial charge on any atom is 0.299 e. The summed E-state index contributed by atoms with van der Waals surface area (Å²) in [4.78, 5) is 30.4. The number of anilines is 2. The second-order valence-electron chi connectivity index (χ2n) is 7.66. The van der Waals surface area contributed by atoms with E-state index in [2.05, 4.69) is 20.6 Å². The van der Waals surface area contributed by atoms with Gasteiger partial charge in [0.05, 0.1) is 29.5 Å². The minimum Gasteiger partial charge on any atom is -0.384 e. The van der Waals surface area contributed by atoms with Crippen LogP contribution in [0, 0.1) is 0 Å². The Morgan fingerprint density at radius 3 is 2.70 bits per heavy atom. The molecule has 0 spiro atoms. The smallest absolute Gasteiger partial charge is 0.299 e. The third-order valence-corrected chi connectivity index (χ3v) is 5.89. The van der Waals surface area contributed by atoms with Crippen LogP contribution in [0.25, 0.3) is 10.9 Å². The molecule has 1 aliphatic rings. The lowest BCUT2D eigenvalue weighted by atomic mass is 10.1. The minimum absolute atomic E-state index is 0.170. The summed E-state index contributed by atoms with van der Waals surface area (Å²) in [6.07, 6.45) is 4.35. The zero-order valence-corrected chi connectivity index (χ0v) is 18.8. The fourth-order valence-corrected chi connectivity index (χ4v) is 4.19. The van der Waals surface area contributed by atoms with Crippen molar-refractivity contribution in [3.63, 3.8) is 0 Å². The molecule has 5 rings (SSSR count). The van der Waals surface area contributed by atoms with Gasteiger partial charge in [0.2, 0.25) is 0 Å². The van der Waals surface area contributed by atoms with E-state index >= 15 is 0 Å². The molecule has 1 aliphatic heterocycles. The van der Waals surface area contributed by atoms with Gasteiger partial charge in [0, 0.05) is 40.4 Å². The number of carbonyl (C=O) groups excluding carboxylic acids is 2. The molecule has 1 amide bonds. The fourth-order valence-electron chi connectivity index (χ4n) is 3.85.